The van der Waals surface area contributed by atoms with Crippen molar-refractivity contribution in [3.63, 3.8) is 0 Å². The lowest BCUT2D eigenvalue weighted by Gasteiger charge is -2.68. The topological polar surface area (TPSA) is 86.9 Å². The van der Waals surface area contributed by atoms with E-state index in [1.165, 1.54) is 55.7 Å². The molecule has 0 bridgehead atoms. The molecule has 1 aromatic heterocycles. The maximum Gasteiger partial charge on any atom is 0.159 e. The van der Waals surface area contributed by atoms with E-state index < -0.39 is 0 Å². The van der Waals surface area contributed by atoms with Gasteiger partial charge in [0.25, 0.3) is 0 Å². The van der Waals surface area contributed by atoms with E-state index in [1.54, 1.807) is 17.0 Å². The van der Waals surface area contributed by atoms with Gasteiger partial charge in [-0.3, -0.25) is 5.32 Å². The molecule has 11 heteroatoms. The molecule has 4 N–H and O–H groups in total. The third-order valence-electron chi connectivity index (χ3n) is 17.4. The molecule has 9 aliphatic heterocycles. The number of fused-ring (bicyclic) bond motifs is 12. The van der Waals surface area contributed by atoms with E-state index in [2.05, 4.69) is 102 Å². The molecule has 5 saturated heterocycles. The SMILES string of the molecule is c1ccc(N2C3=C(C4CCCCC42)C2NCCC4B5C6CCNC7C8=C(N(c9ccccc9)C9NCCNC89)N(C8CC(c9ncccn9)CC(C58)N3C42)C67)cc1. The van der Waals surface area contributed by atoms with Gasteiger partial charge in [-0.25, -0.2) is 9.97 Å². The molecule has 10 nitrogen and oxygen atoms in total. The van der Waals surface area contributed by atoms with E-state index in [0.29, 0.717) is 77.6 Å². The van der Waals surface area contributed by atoms with Gasteiger partial charge in [0.1, 0.15) is 23.6 Å². The zero-order valence-electron chi connectivity index (χ0n) is 32.8. The molecule has 0 radical (unpaired) electrons. The summed E-state index contributed by atoms with van der Waals surface area (Å²) in [5.74, 6) is 7.09. The zero-order chi connectivity index (χ0) is 36.9. The van der Waals surface area contributed by atoms with E-state index in [-0.39, 0.29) is 6.17 Å². The lowest BCUT2D eigenvalue weighted by atomic mass is 9.19. The summed E-state index contributed by atoms with van der Waals surface area (Å²) in [7, 11) is 0. The highest BCUT2D eigenvalue weighted by atomic mass is 15.5. The number of aromatic nitrogens is 2. The van der Waals surface area contributed by atoms with E-state index in [0.717, 1.165) is 51.6 Å². The smallest absolute Gasteiger partial charge is 0.159 e. The third kappa shape index (κ3) is 4.32. The number of benzene rings is 2. The highest BCUT2D eigenvalue weighted by molar-refractivity contribution is 6.65. The zero-order valence-corrected chi connectivity index (χ0v) is 32.8. The van der Waals surface area contributed by atoms with Crippen LogP contribution in [0, 0.1) is 5.92 Å². The van der Waals surface area contributed by atoms with Crippen LogP contribution in [-0.4, -0.2) is 107 Å². The number of nitrogens with one attached hydrogen (secondary N) is 4. The van der Waals surface area contributed by atoms with Crippen molar-refractivity contribution in [3.05, 3.63) is 108 Å². The molecule has 14 unspecified atom stereocenters. The Hall–Kier alpha value is -3.90. The van der Waals surface area contributed by atoms with E-state index >= 15 is 0 Å². The fourth-order valence-electron chi connectivity index (χ4n) is 15.9. The van der Waals surface area contributed by atoms with Crippen molar-refractivity contribution in [1.29, 1.82) is 0 Å². The highest BCUT2D eigenvalue weighted by Crippen LogP contribution is 2.67. The number of hydrogen-bond acceptors (Lipinski definition) is 10. The molecule has 57 heavy (non-hydrogen) atoms. The lowest BCUT2D eigenvalue weighted by molar-refractivity contribution is 0.0178. The van der Waals surface area contributed by atoms with Crippen LogP contribution in [0.4, 0.5) is 11.4 Å². The Morgan fingerprint density at radius 2 is 1.16 bits per heavy atom. The van der Waals surface area contributed by atoms with Crippen LogP contribution in [0.15, 0.2) is 102 Å². The van der Waals surface area contributed by atoms with Gasteiger partial charge >= 0.3 is 0 Å². The summed E-state index contributed by atoms with van der Waals surface area (Å²) >= 11 is 0. The number of anilines is 2. The monoisotopic (exact) mass is 758 g/mol. The summed E-state index contributed by atoms with van der Waals surface area (Å²) in [4.78, 5) is 22.0. The first kappa shape index (κ1) is 33.0. The molecular formula is C46H55BN10. The van der Waals surface area contributed by atoms with Crippen molar-refractivity contribution in [2.75, 3.05) is 36.0 Å². The molecule has 2 aromatic carbocycles. The Balaban J connectivity index is 0.975. The Labute approximate surface area is 337 Å². The first-order chi connectivity index (χ1) is 28.3. The fraction of sp³-hybridized carbons (Fsp3) is 0.565. The average molecular weight is 759 g/mol. The van der Waals surface area contributed by atoms with Gasteiger partial charge in [0, 0.05) is 84.5 Å². The first-order valence-electron chi connectivity index (χ1n) is 22.8. The molecular weight excluding hydrogens is 703 g/mol. The van der Waals surface area contributed by atoms with Crippen LogP contribution in [-0.2, 0) is 0 Å². The lowest BCUT2D eigenvalue weighted by Crippen LogP contribution is -2.76. The van der Waals surface area contributed by atoms with Crippen molar-refractivity contribution in [2.24, 2.45) is 5.92 Å². The second kappa shape index (κ2) is 12.3. The number of piperidine rings is 2. The van der Waals surface area contributed by atoms with Crippen LogP contribution in [0.3, 0.4) is 0 Å². The second-order valence-corrected chi connectivity index (χ2v) is 19.4. The Morgan fingerprint density at radius 3 is 1.86 bits per heavy atom. The predicted molar refractivity (Wildman–Crippen MR) is 224 cm³/mol. The van der Waals surface area contributed by atoms with Crippen molar-refractivity contribution >= 4 is 18.1 Å². The minimum Gasteiger partial charge on any atom is -0.351 e. The Morgan fingerprint density at radius 1 is 0.561 bits per heavy atom. The van der Waals surface area contributed by atoms with Crippen molar-refractivity contribution in [3.8, 4) is 0 Å². The molecule has 2 saturated carbocycles. The fourth-order valence-corrected chi connectivity index (χ4v) is 15.9. The molecule has 14 rings (SSSR count). The summed E-state index contributed by atoms with van der Waals surface area (Å²) < 4.78 is 0. The summed E-state index contributed by atoms with van der Waals surface area (Å²) in [6, 6.07) is 28.5. The Kier molecular flexibility index (Phi) is 7.13. The normalized spacial score (nSPS) is 42.0. The predicted octanol–water partition coefficient (Wildman–Crippen LogP) is 4.73. The van der Waals surface area contributed by atoms with Gasteiger partial charge in [-0.2, -0.15) is 0 Å². The molecule has 7 fully saturated rings. The molecule has 2 aliphatic carbocycles. The van der Waals surface area contributed by atoms with E-state index in [4.69, 9.17) is 9.97 Å². The Bertz CT molecular complexity index is 2000. The molecule has 10 heterocycles. The van der Waals surface area contributed by atoms with Gasteiger partial charge in [-0.15, -0.1) is 0 Å². The van der Waals surface area contributed by atoms with E-state index in [9.17, 15) is 0 Å². The van der Waals surface area contributed by atoms with Crippen LogP contribution >= 0.6 is 0 Å². The molecule has 0 spiro atoms. The molecule has 14 atom stereocenters. The van der Waals surface area contributed by atoms with Crippen molar-refractivity contribution in [2.45, 2.75) is 129 Å². The summed E-state index contributed by atoms with van der Waals surface area (Å²) in [5, 5.41) is 16.6. The highest BCUT2D eigenvalue weighted by Gasteiger charge is 2.72. The van der Waals surface area contributed by atoms with Crippen LogP contribution in [0.1, 0.15) is 63.1 Å². The maximum absolute atomic E-state index is 5.07. The molecule has 292 valence electrons. The largest absolute Gasteiger partial charge is 0.351 e. The van der Waals surface area contributed by atoms with Gasteiger partial charge in [-0.05, 0) is 105 Å². The summed E-state index contributed by atoms with van der Waals surface area (Å²) in [5.41, 5.74) is 6.13. The van der Waals surface area contributed by atoms with Gasteiger partial charge in [0.05, 0.1) is 18.1 Å². The average Bonchev–Trinajstić information content (AvgIpc) is 4.00. The molecule has 0 amide bonds. The number of piperazine rings is 1. The second-order valence-electron chi connectivity index (χ2n) is 19.4. The van der Waals surface area contributed by atoms with Crippen LogP contribution in [0.25, 0.3) is 0 Å². The van der Waals surface area contributed by atoms with Gasteiger partial charge < -0.3 is 35.6 Å². The number of nitrogens with zero attached hydrogens (tertiary/aromatic N) is 6. The van der Waals surface area contributed by atoms with Crippen LogP contribution in [0.2, 0.25) is 17.5 Å². The van der Waals surface area contributed by atoms with Crippen LogP contribution < -0.4 is 31.1 Å². The van der Waals surface area contributed by atoms with Crippen LogP contribution in [0.5, 0.6) is 0 Å². The van der Waals surface area contributed by atoms with Crippen molar-refractivity contribution in [1.82, 2.24) is 41.0 Å². The minimum absolute atomic E-state index is 0.216. The maximum atomic E-state index is 5.07. The quantitative estimate of drug-likeness (QED) is 0.282. The number of hydrogen-bond donors (Lipinski definition) is 4. The molecule has 11 aliphatic rings. The van der Waals surface area contributed by atoms with E-state index in [1.807, 2.05) is 18.5 Å². The van der Waals surface area contributed by atoms with Gasteiger partial charge in [0.15, 0.2) is 6.71 Å². The van der Waals surface area contributed by atoms with Gasteiger partial charge in [0.2, 0.25) is 0 Å². The minimum atomic E-state index is 0.216. The third-order valence-corrected chi connectivity index (χ3v) is 17.4. The summed E-state index contributed by atoms with van der Waals surface area (Å²) in [6.45, 7) is 4.99. The molecule has 3 aromatic rings. The number of para-hydroxylation sites is 2. The van der Waals surface area contributed by atoms with Crippen molar-refractivity contribution < 1.29 is 0 Å². The standard InChI is InChI=1S/C46H55BN10/c1-3-10-27(11-4-1)54-32-15-8-7-14-29(32)35-38-41-30(16-20-48-38)47-31-17-21-49-39-36-40-44(53-23-22-50-40)55(28-12-5-2-6-13-28)46(36)57(42(31)39)34-25-26(43-51-18-9-19-52-43)24-33(37(34)47)56(41)45(35)54/h1-6,9-13,18-19,26,29-34,37-42,44,48-50,53H,7-8,14-17,20-25H2. The first-order valence-corrected chi connectivity index (χ1v) is 22.8. The summed E-state index contributed by atoms with van der Waals surface area (Å²) in [6.07, 6.45) is 14.4. The number of rotatable bonds is 3. The van der Waals surface area contributed by atoms with Gasteiger partial charge in [-0.1, -0.05) is 49.2 Å².